The molecule has 1 aromatic rings. The lowest BCUT2D eigenvalue weighted by Crippen LogP contribution is -2.53. The molecule has 0 radical (unpaired) electrons. The molecular weight excluding hydrogens is 341 g/mol. The van der Waals surface area contributed by atoms with Gasteiger partial charge in [-0.05, 0) is 53.8 Å². The molecule has 1 aliphatic carbocycles. The molecule has 3 nitrogen and oxygen atoms in total. The van der Waals surface area contributed by atoms with Crippen molar-refractivity contribution in [2.75, 3.05) is 27.3 Å². The summed E-state index contributed by atoms with van der Waals surface area (Å²) in [5.41, 5.74) is 2.80. The van der Waals surface area contributed by atoms with Gasteiger partial charge in [-0.1, -0.05) is 0 Å². The fourth-order valence-electron chi connectivity index (χ4n) is 3.08. The molecule has 0 bridgehead atoms. The lowest BCUT2D eigenvalue weighted by Gasteiger charge is -2.43. The third-order valence-corrected chi connectivity index (χ3v) is 5.15. The fourth-order valence-corrected chi connectivity index (χ4v) is 3.81. The minimum absolute atomic E-state index is 0.344. The van der Waals surface area contributed by atoms with Gasteiger partial charge in [-0.2, -0.15) is 0 Å². The molecule has 1 fully saturated rings. The maximum Gasteiger partial charge on any atom is 0.122 e. The first-order chi connectivity index (χ1) is 8.70. The van der Waals surface area contributed by atoms with Crippen molar-refractivity contribution in [3.8, 4) is 5.75 Å². The molecule has 4 heteroatoms. The summed E-state index contributed by atoms with van der Waals surface area (Å²) >= 11 is 2.42. The summed E-state index contributed by atoms with van der Waals surface area (Å²) in [6.07, 6.45) is 2.40. The van der Waals surface area contributed by atoms with E-state index in [1.165, 1.54) is 14.7 Å². The summed E-state index contributed by atoms with van der Waals surface area (Å²) in [5, 5.41) is 0. The Kier molecular flexibility index (Phi) is 3.51. The molecule has 0 N–H and O–H groups in total. The largest absolute Gasteiger partial charge is 0.496 e. The maximum absolute atomic E-state index is 5.95. The second-order valence-electron chi connectivity index (χ2n) is 5.07. The number of morpholine rings is 1. The molecule has 0 unspecified atom stereocenters. The number of halogens is 1. The SMILES string of the molecule is COc1ccc(I)c2c1C[C@H]1[C@H](C2)OCCN1C. The number of likely N-dealkylation sites (N-methyl/N-ethyl adjacent to an activating group) is 1. The molecule has 1 aliphatic heterocycles. The zero-order valence-corrected chi connectivity index (χ0v) is 12.9. The summed E-state index contributed by atoms with van der Waals surface area (Å²) < 4.78 is 12.8. The van der Waals surface area contributed by atoms with Crippen molar-refractivity contribution in [3.63, 3.8) is 0 Å². The van der Waals surface area contributed by atoms with Crippen LogP contribution in [0.2, 0.25) is 0 Å². The summed E-state index contributed by atoms with van der Waals surface area (Å²) in [4.78, 5) is 2.43. The van der Waals surface area contributed by atoms with Crippen LogP contribution in [0.15, 0.2) is 12.1 Å². The van der Waals surface area contributed by atoms with Crippen molar-refractivity contribution in [1.29, 1.82) is 0 Å². The molecule has 2 atom stereocenters. The number of benzene rings is 1. The highest BCUT2D eigenvalue weighted by molar-refractivity contribution is 14.1. The van der Waals surface area contributed by atoms with E-state index in [2.05, 4.69) is 46.7 Å². The summed E-state index contributed by atoms with van der Waals surface area (Å²) in [6, 6.07) is 4.73. The van der Waals surface area contributed by atoms with Crippen molar-refractivity contribution in [2.45, 2.75) is 25.0 Å². The van der Waals surface area contributed by atoms with Gasteiger partial charge in [-0.3, -0.25) is 4.90 Å². The second kappa shape index (κ2) is 4.98. The lowest BCUT2D eigenvalue weighted by atomic mass is 9.84. The Bertz CT molecular complexity index is 463. The standard InChI is InChI=1S/C14H18INO2/c1-16-5-6-18-14-8-9-10(7-12(14)16)13(17-2)4-3-11(9)15/h3-4,12,14H,5-8H2,1-2H3/t12-,14-/m0/s1. The first-order valence-electron chi connectivity index (χ1n) is 6.36. The maximum atomic E-state index is 5.95. The monoisotopic (exact) mass is 359 g/mol. The van der Waals surface area contributed by atoms with E-state index < -0.39 is 0 Å². The van der Waals surface area contributed by atoms with Crippen molar-refractivity contribution in [1.82, 2.24) is 4.90 Å². The van der Waals surface area contributed by atoms with Crippen molar-refractivity contribution >= 4 is 22.6 Å². The minimum Gasteiger partial charge on any atom is -0.496 e. The molecule has 0 saturated carbocycles. The van der Waals surface area contributed by atoms with Crippen LogP contribution in [0.5, 0.6) is 5.75 Å². The number of rotatable bonds is 1. The molecule has 0 aromatic heterocycles. The van der Waals surface area contributed by atoms with Crippen LogP contribution in [-0.4, -0.2) is 44.4 Å². The smallest absolute Gasteiger partial charge is 0.122 e. The van der Waals surface area contributed by atoms with Crippen LogP contribution in [0.1, 0.15) is 11.1 Å². The van der Waals surface area contributed by atoms with Gasteiger partial charge in [0, 0.05) is 28.1 Å². The summed E-state index contributed by atoms with van der Waals surface area (Å²) in [5.74, 6) is 1.03. The first-order valence-corrected chi connectivity index (χ1v) is 7.44. The van der Waals surface area contributed by atoms with Crippen LogP contribution in [0.3, 0.4) is 0 Å². The lowest BCUT2D eigenvalue weighted by molar-refractivity contribution is -0.0647. The molecule has 98 valence electrons. The second-order valence-corrected chi connectivity index (χ2v) is 6.23. The fraction of sp³-hybridized carbons (Fsp3) is 0.571. The van der Waals surface area contributed by atoms with Gasteiger partial charge in [0.15, 0.2) is 0 Å². The van der Waals surface area contributed by atoms with Gasteiger partial charge >= 0.3 is 0 Å². The zero-order chi connectivity index (χ0) is 12.7. The number of hydrogen-bond donors (Lipinski definition) is 0. The van der Waals surface area contributed by atoms with Gasteiger partial charge < -0.3 is 9.47 Å². The number of methoxy groups -OCH3 is 1. The predicted octanol–water partition coefficient (Wildman–Crippen LogP) is 2.10. The molecular formula is C14H18INO2. The van der Waals surface area contributed by atoms with E-state index in [0.29, 0.717) is 12.1 Å². The Hall–Kier alpha value is -0.330. The highest BCUT2D eigenvalue weighted by Crippen LogP contribution is 2.36. The molecule has 0 spiro atoms. The summed E-state index contributed by atoms with van der Waals surface area (Å²) in [7, 11) is 3.96. The molecule has 18 heavy (non-hydrogen) atoms. The van der Waals surface area contributed by atoms with E-state index in [-0.39, 0.29) is 0 Å². The van der Waals surface area contributed by atoms with Crippen LogP contribution in [0, 0.1) is 3.57 Å². The highest BCUT2D eigenvalue weighted by Gasteiger charge is 2.36. The number of fused-ring (bicyclic) bond motifs is 2. The van der Waals surface area contributed by atoms with Crippen LogP contribution < -0.4 is 4.74 Å². The third-order valence-electron chi connectivity index (χ3n) is 4.14. The van der Waals surface area contributed by atoms with Gasteiger partial charge in [0.1, 0.15) is 5.75 Å². The minimum atomic E-state index is 0.344. The van der Waals surface area contributed by atoms with Crippen LogP contribution >= 0.6 is 22.6 Å². The van der Waals surface area contributed by atoms with Crippen molar-refractivity contribution < 1.29 is 9.47 Å². The number of nitrogens with zero attached hydrogens (tertiary/aromatic N) is 1. The van der Waals surface area contributed by atoms with Crippen molar-refractivity contribution in [2.24, 2.45) is 0 Å². The normalized spacial score (nSPS) is 27.5. The number of ether oxygens (including phenoxy) is 2. The third kappa shape index (κ3) is 2.04. The predicted molar refractivity (Wildman–Crippen MR) is 79.3 cm³/mol. The topological polar surface area (TPSA) is 21.7 Å². The van der Waals surface area contributed by atoms with E-state index in [1.807, 2.05) is 0 Å². The van der Waals surface area contributed by atoms with Crippen LogP contribution in [0.25, 0.3) is 0 Å². The van der Waals surface area contributed by atoms with Crippen molar-refractivity contribution in [3.05, 3.63) is 26.8 Å². The Balaban J connectivity index is 2.01. The quantitative estimate of drug-likeness (QED) is 0.717. The van der Waals surface area contributed by atoms with Gasteiger partial charge in [-0.25, -0.2) is 0 Å². The highest BCUT2D eigenvalue weighted by atomic mass is 127. The van der Waals surface area contributed by atoms with E-state index in [0.717, 1.165) is 31.7 Å². The van der Waals surface area contributed by atoms with E-state index in [4.69, 9.17) is 9.47 Å². The van der Waals surface area contributed by atoms with Crippen LogP contribution in [-0.2, 0) is 17.6 Å². The van der Waals surface area contributed by atoms with Gasteiger partial charge in [-0.15, -0.1) is 0 Å². The zero-order valence-electron chi connectivity index (χ0n) is 10.8. The molecule has 1 saturated heterocycles. The van der Waals surface area contributed by atoms with Gasteiger partial charge in [0.05, 0.1) is 19.8 Å². The molecule has 2 aliphatic rings. The Morgan fingerprint density at radius 2 is 2.17 bits per heavy atom. The van der Waals surface area contributed by atoms with Crippen LogP contribution in [0.4, 0.5) is 0 Å². The Morgan fingerprint density at radius 1 is 1.33 bits per heavy atom. The molecule has 0 amide bonds. The molecule has 3 rings (SSSR count). The van der Waals surface area contributed by atoms with E-state index in [9.17, 15) is 0 Å². The van der Waals surface area contributed by atoms with E-state index in [1.54, 1.807) is 7.11 Å². The van der Waals surface area contributed by atoms with E-state index >= 15 is 0 Å². The number of hydrogen-bond acceptors (Lipinski definition) is 3. The Labute approximate surface area is 122 Å². The molecule has 1 aromatic carbocycles. The average Bonchev–Trinajstić information content (AvgIpc) is 2.39. The van der Waals surface area contributed by atoms with Gasteiger partial charge in [0.2, 0.25) is 0 Å². The summed E-state index contributed by atoms with van der Waals surface area (Å²) in [6.45, 7) is 1.89. The first kappa shape index (κ1) is 12.7. The Morgan fingerprint density at radius 3 is 2.94 bits per heavy atom. The molecule has 1 heterocycles. The average molecular weight is 359 g/mol. The van der Waals surface area contributed by atoms with Gasteiger partial charge in [0.25, 0.3) is 0 Å².